The van der Waals surface area contributed by atoms with E-state index >= 15 is 0 Å². The fourth-order valence-corrected chi connectivity index (χ4v) is 3.58. The molecular formula is C28H27N5O4. The maximum atomic E-state index is 12.4. The van der Waals surface area contributed by atoms with Crippen LogP contribution in [0.5, 0.6) is 11.5 Å². The first-order chi connectivity index (χ1) is 18.0. The predicted molar refractivity (Wildman–Crippen MR) is 141 cm³/mol. The number of carbonyl (C=O) groups excluding carboxylic acids is 2. The molecule has 0 aliphatic heterocycles. The van der Waals surface area contributed by atoms with E-state index in [4.69, 9.17) is 14.6 Å². The second-order valence-electron chi connectivity index (χ2n) is 8.12. The number of aryl methyl sites for hydroxylation is 1. The molecule has 0 spiro atoms. The van der Waals surface area contributed by atoms with Gasteiger partial charge in [0.1, 0.15) is 5.69 Å². The quantitative estimate of drug-likeness (QED) is 0.271. The molecule has 0 saturated carbocycles. The maximum Gasteiger partial charge on any atom is 0.259 e. The summed E-state index contributed by atoms with van der Waals surface area (Å²) in [5.74, 6) is 0.0275. The van der Waals surface area contributed by atoms with Crippen LogP contribution < -0.4 is 20.2 Å². The monoisotopic (exact) mass is 497 g/mol. The van der Waals surface area contributed by atoms with Gasteiger partial charge in [-0.25, -0.2) is 10.1 Å². The fourth-order valence-electron chi connectivity index (χ4n) is 3.58. The molecule has 0 radical (unpaired) electrons. The van der Waals surface area contributed by atoms with Crippen molar-refractivity contribution in [2.45, 2.75) is 6.92 Å². The molecule has 0 saturated heterocycles. The lowest BCUT2D eigenvalue weighted by Gasteiger charge is -2.09. The lowest BCUT2D eigenvalue weighted by Crippen LogP contribution is -2.34. The second kappa shape index (κ2) is 11.7. The topological polar surface area (TPSA) is 107 Å². The van der Waals surface area contributed by atoms with Crippen LogP contribution in [0, 0.1) is 6.92 Å². The summed E-state index contributed by atoms with van der Waals surface area (Å²) in [6.07, 6.45) is 3.38. The number of benzene rings is 3. The van der Waals surface area contributed by atoms with Crippen LogP contribution in [0.2, 0.25) is 0 Å². The molecule has 2 N–H and O–H groups in total. The van der Waals surface area contributed by atoms with Crippen LogP contribution >= 0.6 is 0 Å². The van der Waals surface area contributed by atoms with Crippen molar-refractivity contribution in [3.8, 4) is 28.4 Å². The highest BCUT2D eigenvalue weighted by Gasteiger charge is 2.13. The first-order valence-electron chi connectivity index (χ1n) is 11.5. The highest BCUT2D eigenvalue weighted by Crippen LogP contribution is 2.27. The number of hydrogen-bond acceptors (Lipinski definition) is 6. The van der Waals surface area contributed by atoms with Crippen LogP contribution in [0.25, 0.3) is 16.9 Å². The number of hydrazone groups is 1. The summed E-state index contributed by atoms with van der Waals surface area (Å²) in [5.41, 5.74) is 7.21. The highest BCUT2D eigenvalue weighted by atomic mass is 16.5. The van der Waals surface area contributed by atoms with Gasteiger partial charge in [-0.3, -0.25) is 9.59 Å². The van der Waals surface area contributed by atoms with Crippen molar-refractivity contribution in [3.63, 3.8) is 0 Å². The average molecular weight is 498 g/mol. The van der Waals surface area contributed by atoms with Gasteiger partial charge in [0.2, 0.25) is 0 Å². The van der Waals surface area contributed by atoms with Crippen LogP contribution in [-0.2, 0) is 4.79 Å². The first kappa shape index (κ1) is 25.2. The molecule has 0 aliphatic carbocycles. The number of aromatic nitrogens is 2. The normalized spacial score (nSPS) is 10.8. The van der Waals surface area contributed by atoms with Gasteiger partial charge in [-0.05, 0) is 37.3 Å². The van der Waals surface area contributed by atoms with Crippen molar-refractivity contribution in [3.05, 3.63) is 95.7 Å². The Labute approximate surface area is 214 Å². The van der Waals surface area contributed by atoms with E-state index in [9.17, 15) is 9.59 Å². The smallest absolute Gasteiger partial charge is 0.259 e. The lowest BCUT2D eigenvalue weighted by atomic mass is 10.1. The summed E-state index contributed by atoms with van der Waals surface area (Å²) >= 11 is 0. The Hall–Kier alpha value is -4.92. The second-order valence-corrected chi connectivity index (χ2v) is 8.12. The lowest BCUT2D eigenvalue weighted by molar-refractivity contribution is -0.120. The van der Waals surface area contributed by atoms with E-state index in [1.165, 1.54) is 20.4 Å². The number of hydrogen-bond donors (Lipinski definition) is 2. The summed E-state index contributed by atoms with van der Waals surface area (Å²) in [5, 5.41) is 11.4. The van der Waals surface area contributed by atoms with Gasteiger partial charge in [0.25, 0.3) is 11.8 Å². The largest absolute Gasteiger partial charge is 0.493 e. The number of nitrogens with one attached hydrogen (secondary N) is 2. The summed E-state index contributed by atoms with van der Waals surface area (Å²) in [6, 6.07) is 22.5. The van der Waals surface area contributed by atoms with Crippen molar-refractivity contribution >= 4 is 18.0 Å². The molecular weight excluding hydrogens is 470 g/mol. The predicted octanol–water partition coefficient (Wildman–Crippen LogP) is 3.75. The minimum Gasteiger partial charge on any atom is -0.493 e. The van der Waals surface area contributed by atoms with Crippen LogP contribution in [0.3, 0.4) is 0 Å². The molecule has 0 bridgehead atoms. The van der Waals surface area contributed by atoms with Crippen LogP contribution in [0.1, 0.15) is 21.5 Å². The van der Waals surface area contributed by atoms with E-state index in [0.717, 1.165) is 28.1 Å². The zero-order valence-corrected chi connectivity index (χ0v) is 20.8. The molecule has 3 aromatic carbocycles. The van der Waals surface area contributed by atoms with Gasteiger partial charge in [-0.15, -0.1) is 0 Å². The van der Waals surface area contributed by atoms with Gasteiger partial charge in [0.15, 0.2) is 11.5 Å². The number of methoxy groups -OCH3 is 2. The molecule has 2 amide bonds. The van der Waals surface area contributed by atoms with Gasteiger partial charge in [0, 0.05) is 22.9 Å². The molecule has 1 aromatic heterocycles. The number of carbonyl (C=O) groups is 2. The molecule has 4 rings (SSSR count). The molecule has 9 heteroatoms. The van der Waals surface area contributed by atoms with E-state index < -0.39 is 11.8 Å². The van der Waals surface area contributed by atoms with Crippen molar-refractivity contribution in [1.82, 2.24) is 20.5 Å². The van der Waals surface area contributed by atoms with E-state index in [0.29, 0.717) is 17.1 Å². The van der Waals surface area contributed by atoms with Crippen molar-refractivity contribution < 1.29 is 19.1 Å². The minimum atomic E-state index is -0.475. The number of rotatable bonds is 9. The zero-order chi connectivity index (χ0) is 26.2. The summed E-state index contributed by atoms with van der Waals surface area (Å²) in [6.45, 7) is 1.77. The molecule has 0 atom stereocenters. The van der Waals surface area contributed by atoms with Crippen LogP contribution in [0.15, 0.2) is 84.1 Å². The first-order valence-corrected chi connectivity index (χ1v) is 11.5. The molecule has 1 heterocycles. The van der Waals surface area contributed by atoms with E-state index in [2.05, 4.69) is 15.8 Å². The Morgan fingerprint density at radius 3 is 2.41 bits per heavy atom. The van der Waals surface area contributed by atoms with Gasteiger partial charge in [0.05, 0.1) is 32.7 Å². The van der Waals surface area contributed by atoms with Gasteiger partial charge >= 0.3 is 0 Å². The number of ether oxygens (including phenoxy) is 2. The fraction of sp³-hybridized carbons (Fsp3) is 0.143. The van der Waals surface area contributed by atoms with Crippen LogP contribution in [-0.4, -0.2) is 48.6 Å². The molecule has 37 heavy (non-hydrogen) atoms. The summed E-state index contributed by atoms with van der Waals surface area (Å²) in [4.78, 5) is 24.7. The number of para-hydroxylation sites is 1. The third-order valence-corrected chi connectivity index (χ3v) is 5.54. The Kier molecular flexibility index (Phi) is 7.95. The van der Waals surface area contributed by atoms with E-state index in [1.54, 1.807) is 22.9 Å². The third-order valence-electron chi connectivity index (χ3n) is 5.54. The molecule has 0 fully saturated rings. The highest BCUT2D eigenvalue weighted by molar-refractivity contribution is 5.97. The van der Waals surface area contributed by atoms with E-state index in [1.807, 2.05) is 67.7 Å². The van der Waals surface area contributed by atoms with Crippen molar-refractivity contribution in [2.24, 2.45) is 5.10 Å². The Morgan fingerprint density at radius 2 is 1.70 bits per heavy atom. The minimum absolute atomic E-state index is 0.251. The average Bonchev–Trinajstić information content (AvgIpc) is 3.36. The van der Waals surface area contributed by atoms with Crippen molar-refractivity contribution in [1.29, 1.82) is 0 Å². The van der Waals surface area contributed by atoms with Gasteiger partial charge < -0.3 is 14.8 Å². The van der Waals surface area contributed by atoms with E-state index in [-0.39, 0.29) is 6.54 Å². The van der Waals surface area contributed by atoms with Crippen molar-refractivity contribution in [2.75, 3.05) is 20.8 Å². The molecule has 0 aliphatic rings. The van der Waals surface area contributed by atoms with Crippen LogP contribution in [0.4, 0.5) is 0 Å². The maximum absolute atomic E-state index is 12.4. The molecule has 4 aromatic rings. The summed E-state index contributed by atoms with van der Waals surface area (Å²) in [7, 11) is 3.00. The van der Waals surface area contributed by atoms with Gasteiger partial charge in [-0.2, -0.15) is 10.2 Å². The number of nitrogens with zero attached hydrogens (tertiary/aromatic N) is 3. The summed E-state index contributed by atoms with van der Waals surface area (Å²) < 4.78 is 12.2. The Morgan fingerprint density at radius 1 is 0.973 bits per heavy atom. The molecule has 188 valence electrons. The Balaban J connectivity index is 1.43. The zero-order valence-electron chi connectivity index (χ0n) is 20.8. The molecule has 9 nitrogen and oxygen atoms in total. The third kappa shape index (κ3) is 6.21. The Bertz CT molecular complexity index is 1410. The standard InChI is InChI=1S/C28H27N5O4/c1-19-9-11-20(12-10-19)27-22(18-33(32-27)23-7-5-4-6-8-23)16-30-31-26(34)17-29-28(35)21-13-14-24(36-2)25(15-21)37-3/h4-16,18H,17H2,1-3H3,(H,29,35)(H,31,34)/b30-16-. The SMILES string of the molecule is COc1ccc(C(=O)NCC(=O)N/N=C\c2cn(-c3ccccc3)nc2-c2ccc(C)cc2)cc1OC. The van der Waals surface area contributed by atoms with Gasteiger partial charge in [-0.1, -0.05) is 48.0 Å². The number of amides is 2. The molecule has 0 unspecified atom stereocenters.